The van der Waals surface area contributed by atoms with Gasteiger partial charge in [-0.3, -0.25) is 4.79 Å². The van der Waals surface area contributed by atoms with E-state index in [4.69, 9.17) is 0 Å². The van der Waals surface area contributed by atoms with Gasteiger partial charge in [0.05, 0.1) is 11.1 Å². The number of carbonyl (C=O) groups is 1. The zero-order valence-corrected chi connectivity index (χ0v) is 11.2. The van der Waals surface area contributed by atoms with E-state index in [1.165, 1.54) is 6.07 Å². The summed E-state index contributed by atoms with van der Waals surface area (Å²) in [5, 5.41) is 5.71. The van der Waals surface area contributed by atoms with Crippen LogP contribution < -0.4 is 10.6 Å². The summed E-state index contributed by atoms with van der Waals surface area (Å²) >= 11 is 0. The summed E-state index contributed by atoms with van der Waals surface area (Å²) in [6, 6.07) is 3.33. The van der Waals surface area contributed by atoms with Crippen LogP contribution in [0.15, 0.2) is 18.2 Å². The van der Waals surface area contributed by atoms with Crippen molar-refractivity contribution in [2.75, 3.05) is 11.9 Å². The SMILES string of the molecule is CCCNc1ccc(C(F)(F)F)cc1C(=O)NC1CC1. The second kappa shape index (κ2) is 5.73. The molecule has 2 rings (SSSR count). The molecule has 0 radical (unpaired) electrons. The molecule has 1 amide bonds. The van der Waals surface area contributed by atoms with Crippen LogP contribution in [0.1, 0.15) is 42.1 Å². The van der Waals surface area contributed by atoms with Crippen LogP contribution in [0.5, 0.6) is 0 Å². The molecular weight excluding hydrogens is 269 g/mol. The molecule has 6 heteroatoms. The van der Waals surface area contributed by atoms with Gasteiger partial charge in [-0.1, -0.05) is 6.92 Å². The fraction of sp³-hybridized carbons (Fsp3) is 0.500. The number of benzene rings is 1. The molecule has 3 nitrogen and oxygen atoms in total. The number of amides is 1. The Hall–Kier alpha value is -1.72. The van der Waals surface area contributed by atoms with Crippen molar-refractivity contribution in [3.05, 3.63) is 29.3 Å². The van der Waals surface area contributed by atoms with Gasteiger partial charge in [0.2, 0.25) is 0 Å². The number of halogens is 3. The van der Waals surface area contributed by atoms with Gasteiger partial charge >= 0.3 is 6.18 Å². The highest BCUT2D eigenvalue weighted by molar-refractivity contribution is 6.00. The molecule has 0 aliphatic heterocycles. The molecule has 110 valence electrons. The number of nitrogens with one attached hydrogen (secondary N) is 2. The number of hydrogen-bond donors (Lipinski definition) is 2. The molecule has 1 saturated carbocycles. The molecule has 20 heavy (non-hydrogen) atoms. The summed E-state index contributed by atoms with van der Waals surface area (Å²) in [7, 11) is 0. The van der Waals surface area contributed by atoms with Gasteiger partial charge in [0.15, 0.2) is 0 Å². The molecule has 1 aliphatic carbocycles. The van der Waals surface area contributed by atoms with E-state index >= 15 is 0 Å². The van der Waals surface area contributed by atoms with Gasteiger partial charge in [0, 0.05) is 18.3 Å². The topological polar surface area (TPSA) is 41.1 Å². The van der Waals surface area contributed by atoms with Gasteiger partial charge < -0.3 is 10.6 Å². The third-order valence-corrected chi connectivity index (χ3v) is 3.07. The molecule has 0 atom stereocenters. The second-order valence-corrected chi connectivity index (χ2v) is 4.93. The minimum atomic E-state index is -4.45. The summed E-state index contributed by atoms with van der Waals surface area (Å²) in [5.41, 5.74) is -0.307. The maximum absolute atomic E-state index is 12.7. The zero-order chi connectivity index (χ0) is 14.8. The molecule has 0 bridgehead atoms. The van der Waals surface area contributed by atoms with E-state index in [2.05, 4.69) is 10.6 Å². The normalized spacial score (nSPS) is 15.0. The van der Waals surface area contributed by atoms with Crippen molar-refractivity contribution in [2.24, 2.45) is 0 Å². The van der Waals surface area contributed by atoms with Gasteiger partial charge in [-0.25, -0.2) is 0 Å². The quantitative estimate of drug-likeness (QED) is 0.870. The van der Waals surface area contributed by atoms with E-state index in [-0.39, 0.29) is 11.6 Å². The van der Waals surface area contributed by atoms with Gasteiger partial charge in [-0.05, 0) is 37.5 Å². The monoisotopic (exact) mass is 286 g/mol. The first-order valence-electron chi connectivity index (χ1n) is 6.67. The van der Waals surface area contributed by atoms with Crippen molar-refractivity contribution in [1.82, 2.24) is 5.32 Å². The van der Waals surface area contributed by atoms with Crippen molar-refractivity contribution in [1.29, 1.82) is 0 Å². The standard InChI is InChI=1S/C14H17F3N2O/c1-2-7-18-12-6-3-9(14(15,16)17)8-11(12)13(20)19-10-4-5-10/h3,6,8,10,18H,2,4-5,7H2,1H3,(H,19,20). The Kier molecular flexibility index (Phi) is 4.20. The van der Waals surface area contributed by atoms with Crippen LogP contribution in [0.25, 0.3) is 0 Å². The van der Waals surface area contributed by atoms with Crippen LogP contribution in [-0.4, -0.2) is 18.5 Å². The molecular formula is C14H17F3N2O. The lowest BCUT2D eigenvalue weighted by Gasteiger charge is -2.14. The predicted octanol–water partition coefficient (Wildman–Crippen LogP) is 3.42. The molecule has 2 N–H and O–H groups in total. The predicted molar refractivity (Wildman–Crippen MR) is 70.7 cm³/mol. The first-order chi connectivity index (χ1) is 9.41. The van der Waals surface area contributed by atoms with Crippen molar-refractivity contribution in [3.63, 3.8) is 0 Å². The molecule has 0 spiro atoms. The molecule has 0 saturated heterocycles. The highest BCUT2D eigenvalue weighted by Crippen LogP contribution is 2.32. The largest absolute Gasteiger partial charge is 0.416 e. The highest BCUT2D eigenvalue weighted by atomic mass is 19.4. The molecule has 0 aromatic heterocycles. The van der Waals surface area contributed by atoms with E-state index in [0.717, 1.165) is 31.4 Å². The maximum Gasteiger partial charge on any atom is 0.416 e. The van der Waals surface area contributed by atoms with Gasteiger partial charge in [0.1, 0.15) is 0 Å². The van der Waals surface area contributed by atoms with Gasteiger partial charge in [-0.2, -0.15) is 13.2 Å². The molecule has 1 aromatic rings. The smallest absolute Gasteiger partial charge is 0.384 e. The fourth-order valence-electron chi connectivity index (χ4n) is 1.81. The first-order valence-corrected chi connectivity index (χ1v) is 6.67. The Bertz CT molecular complexity index is 496. The summed E-state index contributed by atoms with van der Waals surface area (Å²) in [6.45, 7) is 2.55. The van der Waals surface area contributed by atoms with Crippen molar-refractivity contribution >= 4 is 11.6 Å². The Balaban J connectivity index is 2.28. The summed E-state index contributed by atoms with van der Waals surface area (Å²) < 4.78 is 38.2. The van der Waals surface area contributed by atoms with E-state index in [9.17, 15) is 18.0 Å². The maximum atomic E-state index is 12.7. The first kappa shape index (κ1) is 14.7. The number of rotatable bonds is 5. The number of anilines is 1. The second-order valence-electron chi connectivity index (χ2n) is 4.93. The highest BCUT2D eigenvalue weighted by Gasteiger charge is 2.32. The molecule has 0 unspecified atom stereocenters. The number of carbonyl (C=O) groups excluding carboxylic acids is 1. The van der Waals surface area contributed by atoms with Crippen LogP contribution in [0.4, 0.5) is 18.9 Å². The van der Waals surface area contributed by atoms with Gasteiger partial charge in [-0.15, -0.1) is 0 Å². The number of alkyl halides is 3. The zero-order valence-electron chi connectivity index (χ0n) is 11.2. The van der Waals surface area contributed by atoms with Crippen molar-refractivity contribution in [3.8, 4) is 0 Å². The third-order valence-electron chi connectivity index (χ3n) is 3.07. The lowest BCUT2D eigenvalue weighted by molar-refractivity contribution is -0.137. The lowest BCUT2D eigenvalue weighted by Crippen LogP contribution is -2.27. The average Bonchev–Trinajstić information content (AvgIpc) is 3.18. The fourth-order valence-corrected chi connectivity index (χ4v) is 1.81. The molecule has 1 aliphatic rings. The lowest BCUT2D eigenvalue weighted by atomic mass is 10.1. The number of hydrogen-bond acceptors (Lipinski definition) is 2. The van der Waals surface area contributed by atoms with Crippen LogP contribution in [0.2, 0.25) is 0 Å². The molecule has 0 heterocycles. The minimum Gasteiger partial charge on any atom is -0.384 e. The van der Waals surface area contributed by atoms with Crippen LogP contribution in [0.3, 0.4) is 0 Å². The van der Waals surface area contributed by atoms with Gasteiger partial charge in [0.25, 0.3) is 5.91 Å². The van der Waals surface area contributed by atoms with Crippen LogP contribution in [0, 0.1) is 0 Å². The Morgan fingerprint density at radius 1 is 1.35 bits per heavy atom. The average molecular weight is 286 g/mol. The Morgan fingerprint density at radius 3 is 2.60 bits per heavy atom. The Morgan fingerprint density at radius 2 is 2.05 bits per heavy atom. The van der Waals surface area contributed by atoms with Crippen LogP contribution in [-0.2, 0) is 6.18 Å². The third kappa shape index (κ3) is 3.65. The Labute approximate surface area is 115 Å². The molecule has 1 aromatic carbocycles. The van der Waals surface area contributed by atoms with Crippen LogP contribution >= 0.6 is 0 Å². The van der Waals surface area contributed by atoms with E-state index in [1.807, 2.05) is 6.92 Å². The minimum absolute atomic E-state index is 0.0557. The summed E-state index contributed by atoms with van der Waals surface area (Å²) in [6.07, 6.45) is -1.84. The van der Waals surface area contributed by atoms with E-state index in [0.29, 0.717) is 12.2 Å². The van der Waals surface area contributed by atoms with E-state index in [1.54, 1.807) is 0 Å². The summed E-state index contributed by atoms with van der Waals surface area (Å²) in [5.74, 6) is -0.447. The molecule has 1 fully saturated rings. The van der Waals surface area contributed by atoms with Crippen molar-refractivity contribution in [2.45, 2.75) is 38.4 Å². The van der Waals surface area contributed by atoms with Crippen molar-refractivity contribution < 1.29 is 18.0 Å². The summed E-state index contributed by atoms with van der Waals surface area (Å²) in [4.78, 5) is 12.0. The van der Waals surface area contributed by atoms with E-state index < -0.39 is 17.6 Å².